The summed E-state index contributed by atoms with van der Waals surface area (Å²) in [7, 11) is 1.22. The number of carbonyl (C=O) groups is 2. The first-order valence-corrected chi connectivity index (χ1v) is 9.29. The molecule has 1 amide bonds. The van der Waals surface area contributed by atoms with Gasteiger partial charge in [0.25, 0.3) is 5.91 Å². The van der Waals surface area contributed by atoms with Gasteiger partial charge in [-0.3, -0.25) is 4.79 Å². The highest BCUT2D eigenvalue weighted by molar-refractivity contribution is 5.92. The lowest BCUT2D eigenvalue weighted by atomic mass is 10.3. The van der Waals surface area contributed by atoms with Crippen LogP contribution in [0.3, 0.4) is 0 Å². The fourth-order valence-corrected chi connectivity index (χ4v) is 2.42. The maximum atomic E-state index is 12.7. The number of nitrogens with one attached hydrogen (secondary N) is 1. The number of amides is 1. The quantitative estimate of drug-likeness (QED) is 0.371. The third kappa shape index (κ3) is 5.34. The SMILES string of the molecule is CCCCOCC(NC(=O)c1coc(-c2coc(C#N)n2)n1)c1nc(C(=O)OC)co1. The highest BCUT2D eigenvalue weighted by Crippen LogP contribution is 2.19. The van der Waals surface area contributed by atoms with Crippen LogP contribution in [-0.4, -0.2) is 47.2 Å². The second-order valence-corrected chi connectivity index (χ2v) is 6.20. The highest BCUT2D eigenvalue weighted by Gasteiger charge is 2.25. The van der Waals surface area contributed by atoms with E-state index in [1.807, 2.05) is 6.92 Å². The van der Waals surface area contributed by atoms with Crippen molar-refractivity contribution >= 4 is 11.9 Å². The number of nitrogens with zero attached hydrogens (tertiary/aromatic N) is 4. The molecule has 0 fully saturated rings. The van der Waals surface area contributed by atoms with E-state index in [4.69, 9.17) is 23.3 Å². The summed E-state index contributed by atoms with van der Waals surface area (Å²) in [5.74, 6) is -1.34. The Hall–Kier alpha value is -3.98. The first kappa shape index (κ1) is 21.7. The van der Waals surface area contributed by atoms with Crippen LogP contribution in [0.4, 0.5) is 0 Å². The van der Waals surface area contributed by atoms with Crippen LogP contribution in [0.25, 0.3) is 11.6 Å². The minimum Gasteiger partial charge on any atom is -0.464 e. The van der Waals surface area contributed by atoms with Crippen molar-refractivity contribution in [1.29, 1.82) is 5.26 Å². The summed E-state index contributed by atoms with van der Waals surface area (Å²) in [6.45, 7) is 2.57. The second-order valence-electron chi connectivity index (χ2n) is 6.20. The van der Waals surface area contributed by atoms with E-state index in [1.165, 1.54) is 13.4 Å². The minimum atomic E-state index is -0.792. The number of ether oxygens (including phenoxy) is 2. The van der Waals surface area contributed by atoms with Crippen LogP contribution in [-0.2, 0) is 9.47 Å². The molecule has 3 aromatic heterocycles. The summed E-state index contributed by atoms with van der Waals surface area (Å²) in [6, 6.07) is 0.951. The van der Waals surface area contributed by atoms with Crippen LogP contribution in [0.2, 0.25) is 0 Å². The number of methoxy groups -OCH3 is 1. The van der Waals surface area contributed by atoms with Crippen molar-refractivity contribution in [2.75, 3.05) is 20.3 Å². The van der Waals surface area contributed by atoms with Crippen LogP contribution in [0, 0.1) is 11.3 Å². The normalized spacial score (nSPS) is 11.6. The van der Waals surface area contributed by atoms with Crippen LogP contribution in [0.5, 0.6) is 0 Å². The van der Waals surface area contributed by atoms with Crippen molar-refractivity contribution in [3.05, 3.63) is 42.0 Å². The zero-order chi connectivity index (χ0) is 22.2. The summed E-state index contributed by atoms with van der Waals surface area (Å²) in [5, 5.41) is 11.5. The third-order valence-corrected chi connectivity index (χ3v) is 4.00. The van der Waals surface area contributed by atoms with Crippen LogP contribution in [0.15, 0.2) is 32.0 Å². The minimum absolute atomic E-state index is 0.00949. The van der Waals surface area contributed by atoms with Crippen LogP contribution < -0.4 is 5.32 Å². The number of unbranched alkanes of at least 4 members (excludes halogenated alkanes) is 1. The first-order valence-electron chi connectivity index (χ1n) is 9.29. The Morgan fingerprint density at radius 1 is 1.16 bits per heavy atom. The molecule has 1 atom stereocenters. The number of rotatable bonds is 10. The zero-order valence-electron chi connectivity index (χ0n) is 16.8. The van der Waals surface area contributed by atoms with Gasteiger partial charge in [0.1, 0.15) is 24.8 Å². The van der Waals surface area contributed by atoms with Crippen molar-refractivity contribution in [3.63, 3.8) is 0 Å². The van der Waals surface area contributed by atoms with E-state index >= 15 is 0 Å². The van der Waals surface area contributed by atoms with Gasteiger partial charge in [0.15, 0.2) is 23.2 Å². The fraction of sp³-hybridized carbons (Fsp3) is 0.368. The van der Waals surface area contributed by atoms with Crippen molar-refractivity contribution in [1.82, 2.24) is 20.3 Å². The summed E-state index contributed by atoms with van der Waals surface area (Å²) in [5.41, 5.74) is 0.0913. The Labute approximate surface area is 176 Å². The molecule has 0 aromatic carbocycles. The Kier molecular flexibility index (Phi) is 7.13. The smallest absolute Gasteiger partial charge is 0.360 e. The molecule has 0 aliphatic carbocycles. The molecule has 0 aliphatic heterocycles. The molecule has 12 heteroatoms. The van der Waals surface area contributed by atoms with Crippen molar-refractivity contribution in [3.8, 4) is 17.7 Å². The van der Waals surface area contributed by atoms with E-state index in [-0.39, 0.29) is 41.4 Å². The van der Waals surface area contributed by atoms with Gasteiger partial charge in [0, 0.05) is 6.61 Å². The molecule has 162 valence electrons. The average molecular weight is 429 g/mol. The standard InChI is InChI=1S/C19H19N5O7/c1-3-4-5-28-7-12(17-24-14(10-31-17)19(26)27-2)22-16(25)11-8-30-18(23-11)13-9-29-15(6-20)21-13/h8-10,12H,3-5,7H2,1-2H3,(H,22,25). The second kappa shape index (κ2) is 10.2. The molecule has 12 nitrogen and oxygen atoms in total. The van der Waals surface area contributed by atoms with Gasteiger partial charge in [-0.05, 0) is 6.42 Å². The zero-order valence-corrected chi connectivity index (χ0v) is 16.8. The van der Waals surface area contributed by atoms with Gasteiger partial charge < -0.3 is 28.0 Å². The molecule has 0 saturated heterocycles. The van der Waals surface area contributed by atoms with E-state index in [0.29, 0.717) is 6.61 Å². The van der Waals surface area contributed by atoms with Gasteiger partial charge in [0.2, 0.25) is 11.8 Å². The molecule has 1 unspecified atom stereocenters. The summed E-state index contributed by atoms with van der Waals surface area (Å²) in [6.07, 6.45) is 5.25. The van der Waals surface area contributed by atoms with E-state index in [9.17, 15) is 9.59 Å². The lowest BCUT2D eigenvalue weighted by Gasteiger charge is -2.15. The molecule has 0 aliphatic rings. The van der Waals surface area contributed by atoms with Crippen molar-refractivity contribution in [2.45, 2.75) is 25.8 Å². The average Bonchev–Trinajstić information content (AvgIpc) is 3.54. The van der Waals surface area contributed by atoms with Crippen LogP contribution in [0.1, 0.15) is 58.6 Å². The Morgan fingerprint density at radius 2 is 1.97 bits per heavy atom. The van der Waals surface area contributed by atoms with E-state index < -0.39 is 17.9 Å². The number of oxazole rings is 3. The van der Waals surface area contributed by atoms with Gasteiger partial charge in [-0.2, -0.15) is 10.2 Å². The largest absolute Gasteiger partial charge is 0.464 e. The number of hydrogen-bond acceptors (Lipinski definition) is 11. The van der Waals surface area contributed by atoms with Gasteiger partial charge >= 0.3 is 11.9 Å². The molecule has 0 radical (unpaired) electrons. The monoisotopic (exact) mass is 429 g/mol. The van der Waals surface area contributed by atoms with Gasteiger partial charge in [-0.25, -0.2) is 14.8 Å². The van der Waals surface area contributed by atoms with Gasteiger partial charge in [-0.15, -0.1) is 0 Å². The molecule has 0 spiro atoms. The Balaban J connectivity index is 1.73. The lowest BCUT2D eigenvalue weighted by molar-refractivity contribution is 0.0593. The summed E-state index contributed by atoms with van der Waals surface area (Å²) >= 11 is 0. The van der Waals surface area contributed by atoms with Gasteiger partial charge in [-0.1, -0.05) is 13.3 Å². The molecule has 0 bridgehead atoms. The number of esters is 1. The topological polar surface area (TPSA) is 167 Å². The predicted molar refractivity (Wildman–Crippen MR) is 100 cm³/mol. The molecular weight excluding hydrogens is 410 g/mol. The Bertz CT molecular complexity index is 1080. The molecule has 3 aromatic rings. The number of nitriles is 1. The van der Waals surface area contributed by atoms with Crippen LogP contribution >= 0.6 is 0 Å². The molecule has 3 heterocycles. The van der Waals surface area contributed by atoms with E-state index in [2.05, 4.69) is 25.0 Å². The maximum Gasteiger partial charge on any atom is 0.360 e. The molecule has 1 N–H and O–H groups in total. The maximum absolute atomic E-state index is 12.7. The third-order valence-electron chi connectivity index (χ3n) is 4.00. The number of aromatic nitrogens is 3. The van der Waals surface area contributed by atoms with Gasteiger partial charge in [0.05, 0.1) is 13.7 Å². The molecular formula is C19H19N5O7. The van der Waals surface area contributed by atoms with Crippen molar-refractivity contribution in [2.24, 2.45) is 0 Å². The summed E-state index contributed by atoms with van der Waals surface area (Å²) in [4.78, 5) is 36.3. The van der Waals surface area contributed by atoms with Crippen molar-refractivity contribution < 1.29 is 32.3 Å². The Morgan fingerprint density at radius 3 is 2.68 bits per heavy atom. The highest BCUT2D eigenvalue weighted by atomic mass is 16.5. The fourth-order valence-electron chi connectivity index (χ4n) is 2.42. The first-order chi connectivity index (χ1) is 15.0. The number of hydrogen-bond donors (Lipinski definition) is 1. The summed E-state index contributed by atoms with van der Waals surface area (Å²) < 4.78 is 25.7. The molecule has 0 saturated carbocycles. The molecule has 31 heavy (non-hydrogen) atoms. The predicted octanol–water partition coefficient (Wildman–Crippen LogP) is 2.26. The van der Waals surface area contributed by atoms with E-state index in [1.54, 1.807) is 6.07 Å². The lowest BCUT2D eigenvalue weighted by Crippen LogP contribution is -2.32. The van der Waals surface area contributed by atoms with E-state index in [0.717, 1.165) is 25.4 Å². The molecule has 3 rings (SSSR count). The number of carbonyl (C=O) groups excluding carboxylic acids is 2.